The van der Waals surface area contributed by atoms with Gasteiger partial charge < -0.3 is 10.4 Å². The summed E-state index contributed by atoms with van der Waals surface area (Å²) in [5, 5.41) is 11.9. The first kappa shape index (κ1) is 16.7. The fourth-order valence-corrected chi connectivity index (χ4v) is 2.26. The average Bonchev–Trinajstić information content (AvgIpc) is 2.49. The number of amides is 2. The minimum atomic E-state index is -0.680. The molecule has 0 aromatic heterocycles. The van der Waals surface area contributed by atoms with Gasteiger partial charge in [0.15, 0.2) is 0 Å². The van der Waals surface area contributed by atoms with Gasteiger partial charge in [-0.05, 0) is 43.3 Å². The van der Waals surface area contributed by atoms with E-state index < -0.39 is 6.10 Å². The fourth-order valence-electron chi connectivity index (χ4n) is 2.26. The van der Waals surface area contributed by atoms with Gasteiger partial charge in [0.1, 0.15) is 0 Å². The molecule has 1 unspecified atom stereocenters. The van der Waals surface area contributed by atoms with Gasteiger partial charge in [-0.3, -0.25) is 14.5 Å². The van der Waals surface area contributed by atoms with Gasteiger partial charge in [0.2, 0.25) is 11.8 Å². The van der Waals surface area contributed by atoms with Gasteiger partial charge in [-0.2, -0.15) is 0 Å². The van der Waals surface area contributed by atoms with Crippen LogP contribution in [0.25, 0.3) is 0 Å². The normalized spacial score (nSPS) is 11.6. The van der Waals surface area contributed by atoms with Gasteiger partial charge in [0.25, 0.3) is 0 Å². The molecule has 2 aromatic carbocycles. The number of anilines is 3. The molecule has 5 nitrogen and oxygen atoms in total. The summed E-state index contributed by atoms with van der Waals surface area (Å²) in [5.74, 6) is -0.346. The van der Waals surface area contributed by atoms with Crippen molar-refractivity contribution in [2.45, 2.75) is 26.4 Å². The summed E-state index contributed by atoms with van der Waals surface area (Å²) in [4.78, 5) is 25.2. The lowest BCUT2D eigenvalue weighted by Gasteiger charge is -2.21. The van der Waals surface area contributed by atoms with Gasteiger partial charge in [-0.15, -0.1) is 0 Å². The molecule has 1 atom stereocenters. The Kier molecular flexibility index (Phi) is 5.49. The fraction of sp³-hybridized carbons (Fsp3) is 0.222. The standard InChI is InChI=1S/C18H20N2O3/c1-13(21)12-18(23)19-15-8-10-17(11-9-15)20(14(2)22)16-6-4-3-5-7-16/h3-11,13,21H,12H2,1-2H3,(H,19,23). The summed E-state index contributed by atoms with van der Waals surface area (Å²) in [5.41, 5.74) is 2.12. The van der Waals surface area contributed by atoms with Gasteiger partial charge >= 0.3 is 0 Å². The molecule has 2 amide bonds. The molecular formula is C18H20N2O3. The molecule has 0 aliphatic heterocycles. The van der Waals surface area contributed by atoms with E-state index in [9.17, 15) is 14.7 Å². The predicted molar refractivity (Wildman–Crippen MR) is 90.6 cm³/mol. The first-order chi connectivity index (χ1) is 11.0. The molecule has 0 heterocycles. The Morgan fingerprint density at radius 1 is 1.04 bits per heavy atom. The third-order valence-corrected chi connectivity index (χ3v) is 3.22. The zero-order chi connectivity index (χ0) is 16.8. The highest BCUT2D eigenvalue weighted by Crippen LogP contribution is 2.26. The summed E-state index contributed by atoms with van der Waals surface area (Å²) in [7, 11) is 0. The first-order valence-corrected chi connectivity index (χ1v) is 7.41. The predicted octanol–water partition coefficient (Wildman–Crippen LogP) is 3.08. The maximum absolute atomic E-state index is 12.0. The highest BCUT2D eigenvalue weighted by atomic mass is 16.3. The number of hydrogen-bond acceptors (Lipinski definition) is 3. The first-order valence-electron chi connectivity index (χ1n) is 7.41. The Hall–Kier alpha value is -2.66. The van der Waals surface area contributed by atoms with Crippen LogP contribution in [0.5, 0.6) is 0 Å². The topological polar surface area (TPSA) is 69.6 Å². The summed E-state index contributed by atoms with van der Waals surface area (Å²) in [6, 6.07) is 16.4. The number of para-hydroxylation sites is 1. The van der Waals surface area contributed by atoms with Crippen LogP contribution < -0.4 is 10.2 Å². The molecule has 2 rings (SSSR count). The molecule has 0 aliphatic carbocycles. The molecule has 0 saturated carbocycles. The Bertz CT molecular complexity index is 666. The highest BCUT2D eigenvalue weighted by Gasteiger charge is 2.14. The zero-order valence-corrected chi connectivity index (χ0v) is 13.2. The number of carbonyl (C=O) groups is 2. The van der Waals surface area contributed by atoms with E-state index in [4.69, 9.17) is 0 Å². The van der Waals surface area contributed by atoms with E-state index in [1.807, 2.05) is 30.3 Å². The van der Waals surface area contributed by atoms with E-state index in [1.54, 1.807) is 36.1 Å². The number of carbonyl (C=O) groups excluding carboxylic acids is 2. The van der Waals surface area contributed by atoms with Gasteiger partial charge in [-0.1, -0.05) is 18.2 Å². The van der Waals surface area contributed by atoms with Gasteiger partial charge in [-0.25, -0.2) is 0 Å². The number of aliphatic hydroxyl groups excluding tert-OH is 1. The van der Waals surface area contributed by atoms with Crippen LogP contribution in [-0.4, -0.2) is 23.0 Å². The highest BCUT2D eigenvalue weighted by molar-refractivity contribution is 5.99. The third-order valence-electron chi connectivity index (χ3n) is 3.22. The Morgan fingerprint density at radius 3 is 2.13 bits per heavy atom. The van der Waals surface area contributed by atoms with Crippen LogP contribution in [0.15, 0.2) is 54.6 Å². The SMILES string of the molecule is CC(=O)N(c1ccccc1)c1ccc(NC(=O)CC(C)O)cc1. The van der Waals surface area contributed by atoms with E-state index in [-0.39, 0.29) is 18.2 Å². The minimum absolute atomic E-state index is 0.0470. The van der Waals surface area contributed by atoms with Crippen LogP contribution in [-0.2, 0) is 9.59 Å². The number of nitrogens with one attached hydrogen (secondary N) is 1. The van der Waals surface area contributed by atoms with Crippen molar-refractivity contribution in [2.75, 3.05) is 10.2 Å². The monoisotopic (exact) mass is 312 g/mol. The lowest BCUT2D eigenvalue weighted by atomic mass is 10.2. The maximum Gasteiger partial charge on any atom is 0.228 e. The number of rotatable bonds is 5. The van der Waals surface area contributed by atoms with Crippen LogP contribution >= 0.6 is 0 Å². The van der Waals surface area contributed by atoms with Crippen LogP contribution in [0, 0.1) is 0 Å². The number of hydrogen-bond donors (Lipinski definition) is 2. The zero-order valence-electron chi connectivity index (χ0n) is 13.2. The largest absolute Gasteiger partial charge is 0.393 e. The minimum Gasteiger partial charge on any atom is -0.393 e. The van der Waals surface area contributed by atoms with Crippen LogP contribution in [0.2, 0.25) is 0 Å². The molecule has 2 aromatic rings. The Morgan fingerprint density at radius 2 is 1.61 bits per heavy atom. The van der Waals surface area contributed by atoms with Crippen LogP contribution in [0.4, 0.5) is 17.1 Å². The van der Waals surface area contributed by atoms with Crippen molar-refractivity contribution in [1.29, 1.82) is 0 Å². The molecule has 120 valence electrons. The molecule has 0 radical (unpaired) electrons. The van der Waals surface area contributed by atoms with Gasteiger partial charge in [0, 0.05) is 24.0 Å². The molecule has 0 aliphatic rings. The molecule has 0 spiro atoms. The van der Waals surface area contributed by atoms with Crippen LogP contribution in [0.1, 0.15) is 20.3 Å². The molecular weight excluding hydrogens is 292 g/mol. The quantitative estimate of drug-likeness (QED) is 0.891. The summed E-state index contributed by atoms with van der Waals surface area (Å²) in [6.45, 7) is 3.07. The van der Waals surface area contributed by atoms with E-state index in [0.717, 1.165) is 11.4 Å². The Labute approximate surface area is 135 Å². The molecule has 0 bridgehead atoms. The number of aliphatic hydroxyl groups is 1. The number of benzene rings is 2. The molecule has 5 heteroatoms. The van der Waals surface area contributed by atoms with Crippen molar-refractivity contribution in [1.82, 2.24) is 0 Å². The Balaban J connectivity index is 2.17. The summed E-state index contributed by atoms with van der Waals surface area (Å²) >= 11 is 0. The second kappa shape index (κ2) is 7.56. The van der Waals surface area contributed by atoms with Crippen molar-refractivity contribution < 1.29 is 14.7 Å². The molecule has 0 saturated heterocycles. The average molecular weight is 312 g/mol. The molecule has 23 heavy (non-hydrogen) atoms. The third kappa shape index (κ3) is 4.66. The smallest absolute Gasteiger partial charge is 0.228 e. The number of nitrogens with zero attached hydrogens (tertiary/aromatic N) is 1. The van der Waals surface area contributed by atoms with E-state index >= 15 is 0 Å². The van der Waals surface area contributed by atoms with Crippen molar-refractivity contribution in [2.24, 2.45) is 0 Å². The van der Waals surface area contributed by atoms with Gasteiger partial charge in [0.05, 0.1) is 12.5 Å². The van der Waals surface area contributed by atoms with E-state index in [0.29, 0.717) is 5.69 Å². The lowest BCUT2D eigenvalue weighted by Crippen LogP contribution is -2.22. The van der Waals surface area contributed by atoms with E-state index in [1.165, 1.54) is 6.92 Å². The molecule has 0 fully saturated rings. The summed E-state index contributed by atoms with van der Waals surface area (Å²) in [6.07, 6.45) is -0.633. The van der Waals surface area contributed by atoms with Crippen LogP contribution in [0.3, 0.4) is 0 Å². The van der Waals surface area contributed by atoms with Crippen molar-refractivity contribution >= 4 is 28.9 Å². The second-order valence-corrected chi connectivity index (χ2v) is 5.34. The van der Waals surface area contributed by atoms with E-state index in [2.05, 4.69) is 5.32 Å². The van der Waals surface area contributed by atoms with Crippen molar-refractivity contribution in [3.8, 4) is 0 Å². The maximum atomic E-state index is 12.0. The lowest BCUT2D eigenvalue weighted by molar-refractivity contribution is -0.118. The van der Waals surface area contributed by atoms with Crippen molar-refractivity contribution in [3.63, 3.8) is 0 Å². The van der Waals surface area contributed by atoms with Crippen molar-refractivity contribution in [3.05, 3.63) is 54.6 Å². The second-order valence-electron chi connectivity index (χ2n) is 5.34. The summed E-state index contributed by atoms with van der Waals surface area (Å²) < 4.78 is 0. The molecule has 2 N–H and O–H groups in total.